The highest BCUT2D eigenvalue weighted by Crippen LogP contribution is 2.21. The third-order valence-corrected chi connectivity index (χ3v) is 6.92. The van der Waals surface area contributed by atoms with Gasteiger partial charge in [0.15, 0.2) is 0 Å². The van der Waals surface area contributed by atoms with Gasteiger partial charge in [0.25, 0.3) is 11.5 Å². The lowest BCUT2D eigenvalue weighted by Gasteiger charge is -2.15. The van der Waals surface area contributed by atoms with E-state index in [1.165, 1.54) is 28.6 Å². The van der Waals surface area contributed by atoms with Crippen molar-refractivity contribution in [3.8, 4) is 0 Å². The molecule has 2 N–H and O–H groups in total. The average Bonchev–Trinajstić information content (AvgIpc) is 3.29. The number of hydrogen-bond donors (Lipinski definition) is 2. The molecule has 3 aromatic rings. The van der Waals surface area contributed by atoms with Crippen LogP contribution in [-0.2, 0) is 16.6 Å². The largest absolute Gasteiger partial charge is 0.346 e. The van der Waals surface area contributed by atoms with E-state index in [1.54, 1.807) is 24.3 Å². The first kappa shape index (κ1) is 19.3. The van der Waals surface area contributed by atoms with E-state index in [1.807, 2.05) is 0 Å². The monoisotopic (exact) mass is 412 g/mol. The Labute approximate surface area is 167 Å². The molecule has 1 fully saturated rings. The highest BCUT2D eigenvalue weighted by Gasteiger charge is 2.27. The second-order valence-corrected chi connectivity index (χ2v) is 8.80. The summed E-state index contributed by atoms with van der Waals surface area (Å²) in [5.74, 6) is -0.354. The van der Waals surface area contributed by atoms with Crippen LogP contribution in [0.15, 0.2) is 58.2 Å². The molecule has 8 nitrogen and oxygen atoms in total. The number of rotatable bonds is 5. The third-order valence-electron chi connectivity index (χ3n) is 5.01. The van der Waals surface area contributed by atoms with Crippen LogP contribution >= 0.6 is 0 Å². The molecule has 0 bridgehead atoms. The van der Waals surface area contributed by atoms with Crippen LogP contribution < -0.4 is 10.9 Å². The molecular formula is C20H20N4O4S. The smallest absolute Gasteiger partial charge is 0.272 e. The lowest BCUT2D eigenvalue weighted by atomic mass is 10.1. The van der Waals surface area contributed by atoms with Gasteiger partial charge in [0.05, 0.1) is 22.5 Å². The third kappa shape index (κ3) is 3.79. The molecule has 0 radical (unpaired) electrons. The van der Waals surface area contributed by atoms with Crippen molar-refractivity contribution >= 4 is 26.7 Å². The van der Waals surface area contributed by atoms with Crippen molar-refractivity contribution in [2.75, 3.05) is 13.1 Å². The molecule has 1 saturated heterocycles. The number of H-pyrrole nitrogens is 1. The predicted molar refractivity (Wildman–Crippen MR) is 108 cm³/mol. The van der Waals surface area contributed by atoms with Gasteiger partial charge in [-0.2, -0.15) is 9.40 Å². The molecule has 1 aromatic heterocycles. The second-order valence-electron chi connectivity index (χ2n) is 6.86. The van der Waals surface area contributed by atoms with Crippen LogP contribution in [0.1, 0.15) is 28.9 Å². The van der Waals surface area contributed by atoms with Gasteiger partial charge in [0.2, 0.25) is 10.0 Å². The number of aromatic nitrogens is 2. The first-order valence-corrected chi connectivity index (χ1v) is 10.8. The molecule has 150 valence electrons. The topological polar surface area (TPSA) is 112 Å². The van der Waals surface area contributed by atoms with Crippen LogP contribution in [0.5, 0.6) is 0 Å². The lowest BCUT2D eigenvalue weighted by Crippen LogP contribution is -2.28. The maximum Gasteiger partial charge on any atom is 0.272 e. The van der Waals surface area contributed by atoms with Gasteiger partial charge >= 0.3 is 0 Å². The van der Waals surface area contributed by atoms with Crippen LogP contribution in [-0.4, -0.2) is 41.9 Å². The Morgan fingerprint density at radius 3 is 2.38 bits per heavy atom. The number of nitrogens with zero attached hydrogens (tertiary/aromatic N) is 2. The van der Waals surface area contributed by atoms with Gasteiger partial charge in [-0.25, -0.2) is 13.5 Å². The lowest BCUT2D eigenvalue weighted by molar-refractivity contribution is 0.0950. The summed E-state index contributed by atoms with van der Waals surface area (Å²) in [4.78, 5) is 24.5. The highest BCUT2D eigenvalue weighted by atomic mass is 32.2. The molecule has 1 aliphatic heterocycles. The van der Waals surface area contributed by atoms with E-state index in [4.69, 9.17) is 0 Å². The van der Waals surface area contributed by atoms with Crippen molar-refractivity contribution in [3.05, 3.63) is 70.1 Å². The molecule has 0 atom stereocenters. The Bertz CT molecular complexity index is 1210. The number of amides is 1. The number of aromatic amines is 1. The zero-order chi connectivity index (χ0) is 20.4. The number of benzene rings is 2. The summed E-state index contributed by atoms with van der Waals surface area (Å²) >= 11 is 0. The van der Waals surface area contributed by atoms with Gasteiger partial charge in [-0.15, -0.1) is 0 Å². The average molecular weight is 412 g/mol. The maximum absolute atomic E-state index is 12.6. The van der Waals surface area contributed by atoms with E-state index in [0.29, 0.717) is 35.1 Å². The van der Waals surface area contributed by atoms with E-state index in [-0.39, 0.29) is 22.9 Å². The van der Waals surface area contributed by atoms with E-state index in [0.717, 1.165) is 12.8 Å². The molecule has 1 amide bonds. The van der Waals surface area contributed by atoms with Crippen molar-refractivity contribution < 1.29 is 13.2 Å². The second kappa shape index (κ2) is 7.76. The molecule has 2 aromatic carbocycles. The molecule has 9 heteroatoms. The van der Waals surface area contributed by atoms with Crippen LogP contribution in [0.2, 0.25) is 0 Å². The molecule has 0 unspecified atom stereocenters. The molecule has 0 saturated carbocycles. The Hall–Kier alpha value is -3.04. The summed E-state index contributed by atoms with van der Waals surface area (Å²) in [7, 11) is -3.51. The molecule has 29 heavy (non-hydrogen) atoms. The van der Waals surface area contributed by atoms with Crippen LogP contribution in [0.25, 0.3) is 10.8 Å². The fourth-order valence-corrected chi connectivity index (χ4v) is 4.95. The number of carbonyl (C=O) groups is 1. The quantitative estimate of drug-likeness (QED) is 0.662. The fourth-order valence-electron chi connectivity index (χ4n) is 3.43. The number of nitrogens with one attached hydrogen (secondary N) is 2. The number of fused-ring (bicyclic) bond motifs is 1. The Balaban J connectivity index is 1.48. The molecule has 1 aliphatic rings. The normalized spacial score (nSPS) is 14.9. The van der Waals surface area contributed by atoms with Crippen molar-refractivity contribution in [2.24, 2.45) is 0 Å². The van der Waals surface area contributed by atoms with Crippen LogP contribution in [0, 0.1) is 0 Å². The van der Waals surface area contributed by atoms with Crippen LogP contribution in [0.3, 0.4) is 0 Å². The SMILES string of the molecule is O=C(NCc1n[nH]c(=O)c2ccccc12)c1ccc(S(=O)(=O)N2CCCC2)cc1. The van der Waals surface area contributed by atoms with E-state index in [2.05, 4.69) is 15.5 Å². The standard InChI is InChI=1S/C20H20N4O4S/c25-19(21-13-18-16-5-1-2-6-17(16)20(26)23-22-18)14-7-9-15(10-8-14)29(27,28)24-11-3-4-12-24/h1-2,5-10H,3-4,11-13H2,(H,21,25)(H,23,26). The summed E-state index contributed by atoms with van der Waals surface area (Å²) in [5.41, 5.74) is 0.603. The van der Waals surface area contributed by atoms with Crippen LogP contribution in [0.4, 0.5) is 0 Å². The van der Waals surface area contributed by atoms with Crippen molar-refractivity contribution in [1.29, 1.82) is 0 Å². The minimum absolute atomic E-state index is 0.129. The highest BCUT2D eigenvalue weighted by molar-refractivity contribution is 7.89. The zero-order valence-corrected chi connectivity index (χ0v) is 16.4. The van der Waals surface area contributed by atoms with E-state index >= 15 is 0 Å². The van der Waals surface area contributed by atoms with Crippen molar-refractivity contribution in [1.82, 2.24) is 19.8 Å². The van der Waals surface area contributed by atoms with Crippen molar-refractivity contribution in [2.45, 2.75) is 24.3 Å². The minimum atomic E-state index is -3.51. The van der Waals surface area contributed by atoms with Gasteiger partial charge < -0.3 is 5.32 Å². The number of hydrogen-bond acceptors (Lipinski definition) is 5. The first-order chi connectivity index (χ1) is 14.0. The zero-order valence-electron chi connectivity index (χ0n) is 15.6. The molecular weight excluding hydrogens is 392 g/mol. The Kier molecular flexibility index (Phi) is 5.16. The van der Waals surface area contributed by atoms with E-state index < -0.39 is 10.0 Å². The fraction of sp³-hybridized carbons (Fsp3) is 0.250. The number of sulfonamides is 1. The maximum atomic E-state index is 12.6. The summed E-state index contributed by atoms with van der Waals surface area (Å²) in [6.45, 7) is 1.19. The Morgan fingerprint density at radius 2 is 1.69 bits per heavy atom. The minimum Gasteiger partial charge on any atom is -0.346 e. The number of carbonyl (C=O) groups excluding carboxylic acids is 1. The Morgan fingerprint density at radius 1 is 1.03 bits per heavy atom. The van der Waals surface area contributed by atoms with Gasteiger partial charge in [-0.3, -0.25) is 9.59 Å². The summed E-state index contributed by atoms with van der Waals surface area (Å²) in [6, 6.07) is 12.9. The summed E-state index contributed by atoms with van der Waals surface area (Å²) in [5, 5.41) is 10.4. The van der Waals surface area contributed by atoms with Gasteiger partial charge in [-0.05, 0) is 43.2 Å². The molecule has 0 spiro atoms. The van der Waals surface area contributed by atoms with Gasteiger partial charge in [0.1, 0.15) is 0 Å². The summed E-state index contributed by atoms with van der Waals surface area (Å²) in [6.07, 6.45) is 1.74. The van der Waals surface area contributed by atoms with Gasteiger partial charge in [0, 0.05) is 24.0 Å². The van der Waals surface area contributed by atoms with E-state index in [9.17, 15) is 18.0 Å². The molecule has 0 aliphatic carbocycles. The summed E-state index contributed by atoms with van der Waals surface area (Å²) < 4.78 is 26.6. The predicted octanol–water partition coefficient (Wildman–Crippen LogP) is 1.64. The molecule has 4 rings (SSSR count). The molecule has 2 heterocycles. The van der Waals surface area contributed by atoms with Crippen molar-refractivity contribution in [3.63, 3.8) is 0 Å². The first-order valence-electron chi connectivity index (χ1n) is 9.31. The van der Waals surface area contributed by atoms with Gasteiger partial charge in [-0.1, -0.05) is 18.2 Å².